The van der Waals surface area contributed by atoms with E-state index in [0.29, 0.717) is 5.56 Å². The third kappa shape index (κ3) is 2.16. The van der Waals surface area contributed by atoms with Crippen LogP contribution in [0.2, 0.25) is 0 Å². The van der Waals surface area contributed by atoms with Crippen molar-refractivity contribution in [2.75, 3.05) is 0 Å². The normalized spacial score (nSPS) is 14.2. The van der Waals surface area contributed by atoms with Gasteiger partial charge in [0.2, 0.25) is 0 Å². The van der Waals surface area contributed by atoms with Gasteiger partial charge in [0.25, 0.3) is 0 Å². The fourth-order valence-corrected chi connectivity index (χ4v) is 2.42. The highest BCUT2D eigenvalue weighted by Gasteiger charge is 2.36. The van der Waals surface area contributed by atoms with Crippen molar-refractivity contribution in [1.82, 2.24) is 0 Å². The Morgan fingerprint density at radius 2 is 1.58 bits per heavy atom. The van der Waals surface area contributed by atoms with E-state index < -0.39 is 11.7 Å². The minimum absolute atomic E-state index is 0.0283. The molecule has 3 heteroatoms. The van der Waals surface area contributed by atoms with Gasteiger partial charge in [0, 0.05) is 12.0 Å². The molecule has 0 unspecified atom stereocenters. The van der Waals surface area contributed by atoms with E-state index in [9.17, 15) is 13.2 Å². The third-order valence-electron chi connectivity index (χ3n) is 3.34. The number of hydrogen-bond donors (Lipinski definition) is 0. The minimum Gasteiger partial charge on any atom is -0.166 e. The monoisotopic (exact) mass is 260 g/mol. The Balaban J connectivity index is 2.12. The maximum absolute atomic E-state index is 12.8. The largest absolute Gasteiger partial charge is 0.413 e. The van der Waals surface area contributed by atoms with Gasteiger partial charge >= 0.3 is 6.18 Å². The molecule has 0 amide bonds. The summed E-state index contributed by atoms with van der Waals surface area (Å²) < 4.78 is 38.4. The summed E-state index contributed by atoms with van der Waals surface area (Å²) in [6, 6.07) is 14.9. The molecule has 1 aliphatic carbocycles. The maximum Gasteiger partial charge on any atom is 0.413 e. The van der Waals surface area contributed by atoms with Crippen molar-refractivity contribution in [2.45, 2.75) is 12.6 Å². The average molecular weight is 260 g/mol. The molecular weight excluding hydrogens is 249 g/mol. The molecule has 0 spiro atoms. The van der Waals surface area contributed by atoms with Gasteiger partial charge in [-0.2, -0.15) is 13.2 Å². The molecule has 0 fully saturated rings. The summed E-state index contributed by atoms with van der Waals surface area (Å²) in [6.07, 6.45) is -3.00. The van der Waals surface area contributed by atoms with Crippen molar-refractivity contribution in [3.8, 4) is 11.1 Å². The molecule has 2 aromatic rings. The lowest BCUT2D eigenvalue weighted by atomic mass is 9.97. The molecule has 0 bridgehead atoms. The van der Waals surface area contributed by atoms with E-state index >= 15 is 0 Å². The van der Waals surface area contributed by atoms with E-state index in [1.807, 2.05) is 42.5 Å². The zero-order valence-electron chi connectivity index (χ0n) is 10.0. The molecule has 3 rings (SSSR count). The molecule has 19 heavy (non-hydrogen) atoms. The first kappa shape index (κ1) is 12.0. The molecule has 1 aliphatic rings. The Bertz CT molecular complexity index is 637. The molecule has 96 valence electrons. The molecule has 0 heterocycles. The summed E-state index contributed by atoms with van der Waals surface area (Å²) in [5.74, 6) is 0. The molecule has 0 nitrogen and oxygen atoms in total. The maximum atomic E-state index is 12.8. The lowest BCUT2D eigenvalue weighted by Gasteiger charge is -2.07. The quantitative estimate of drug-likeness (QED) is 0.687. The number of rotatable bonds is 1. The number of hydrogen-bond acceptors (Lipinski definition) is 0. The zero-order chi connectivity index (χ0) is 13.5. The highest BCUT2D eigenvalue weighted by Crippen LogP contribution is 2.39. The van der Waals surface area contributed by atoms with Gasteiger partial charge in [-0.1, -0.05) is 48.5 Å². The highest BCUT2D eigenvalue weighted by molar-refractivity contribution is 5.81. The van der Waals surface area contributed by atoms with Crippen LogP contribution in [0.5, 0.6) is 0 Å². The Hall–Kier alpha value is -2.03. The molecule has 0 aliphatic heterocycles. The number of allylic oxidation sites excluding steroid dienone is 1. The number of fused-ring (bicyclic) bond motifs is 1. The zero-order valence-corrected chi connectivity index (χ0v) is 10.0. The fourth-order valence-electron chi connectivity index (χ4n) is 2.42. The van der Waals surface area contributed by atoms with Crippen LogP contribution in [0, 0.1) is 0 Å². The Labute approximate surface area is 109 Å². The second-order valence-corrected chi connectivity index (χ2v) is 4.59. The molecule has 2 aromatic carbocycles. The van der Waals surface area contributed by atoms with Crippen LogP contribution in [0.25, 0.3) is 17.2 Å². The number of benzene rings is 2. The minimum atomic E-state index is -4.24. The lowest BCUT2D eigenvalue weighted by Crippen LogP contribution is -2.11. The summed E-state index contributed by atoms with van der Waals surface area (Å²) in [6.45, 7) is 0. The number of alkyl halides is 3. The summed E-state index contributed by atoms with van der Waals surface area (Å²) in [7, 11) is 0. The average Bonchev–Trinajstić information content (AvgIpc) is 2.83. The van der Waals surface area contributed by atoms with Crippen LogP contribution in [0.4, 0.5) is 13.2 Å². The van der Waals surface area contributed by atoms with Gasteiger partial charge in [-0.25, -0.2) is 0 Å². The Morgan fingerprint density at radius 1 is 0.842 bits per heavy atom. The fraction of sp³-hybridized carbons (Fsp3) is 0.125. The SMILES string of the molecule is FC(F)(F)C1=Cc2c(cccc2-c2ccccc2)C1. The molecule has 0 N–H and O–H groups in total. The van der Waals surface area contributed by atoms with Crippen molar-refractivity contribution in [3.05, 3.63) is 65.2 Å². The first-order chi connectivity index (χ1) is 9.05. The lowest BCUT2D eigenvalue weighted by molar-refractivity contribution is -0.0918. The van der Waals surface area contributed by atoms with Crippen LogP contribution in [-0.4, -0.2) is 6.18 Å². The molecule has 0 radical (unpaired) electrons. The van der Waals surface area contributed by atoms with Crippen molar-refractivity contribution < 1.29 is 13.2 Å². The van der Waals surface area contributed by atoms with Gasteiger partial charge in [-0.05, 0) is 28.3 Å². The van der Waals surface area contributed by atoms with Gasteiger partial charge in [-0.3, -0.25) is 0 Å². The summed E-state index contributed by atoms with van der Waals surface area (Å²) >= 11 is 0. The van der Waals surface area contributed by atoms with E-state index in [4.69, 9.17) is 0 Å². The molecule has 0 aromatic heterocycles. The number of halogens is 3. The van der Waals surface area contributed by atoms with Crippen LogP contribution < -0.4 is 0 Å². The van der Waals surface area contributed by atoms with Gasteiger partial charge in [0.15, 0.2) is 0 Å². The Kier molecular flexibility index (Phi) is 2.70. The van der Waals surface area contributed by atoms with Crippen LogP contribution in [0.3, 0.4) is 0 Å². The smallest absolute Gasteiger partial charge is 0.166 e. The van der Waals surface area contributed by atoms with E-state index in [2.05, 4.69) is 0 Å². The van der Waals surface area contributed by atoms with Crippen molar-refractivity contribution in [3.63, 3.8) is 0 Å². The van der Waals surface area contributed by atoms with Gasteiger partial charge in [0.05, 0.1) is 0 Å². The second kappa shape index (κ2) is 4.26. The van der Waals surface area contributed by atoms with Gasteiger partial charge in [0.1, 0.15) is 0 Å². The first-order valence-electron chi connectivity index (χ1n) is 6.01. The standard InChI is InChI=1S/C16H11F3/c17-16(18,19)13-9-12-7-4-8-14(15(12)10-13)11-5-2-1-3-6-11/h1-8,10H,9H2. The van der Waals surface area contributed by atoms with E-state index in [-0.39, 0.29) is 6.42 Å². The third-order valence-corrected chi connectivity index (χ3v) is 3.34. The van der Waals surface area contributed by atoms with Crippen molar-refractivity contribution >= 4 is 6.08 Å². The van der Waals surface area contributed by atoms with Gasteiger partial charge in [-0.15, -0.1) is 0 Å². The predicted molar refractivity (Wildman–Crippen MR) is 69.6 cm³/mol. The Morgan fingerprint density at radius 3 is 2.26 bits per heavy atom. The van der Waals surface area contributed by atoms with Crippen LogP contribution >= 0.6 is 0 Å². The summed E-state index contributed by atoms with van der Waals surface area (Å²) in [5.41, 5.74) is 2.77. The van der Waals surface area contributed by atoms with Gasteiger partial charge < -0.3 is 0 Å². The second-order valence-electron chi connectivity index (χ2n) is 4.59. The van der Waals surface area contributed by atoms with Crippen LogP contribution in [0.15, 0.2) is 54.1 Å². The predicted octanol–water partition coefficient (Wildman–Crippen LogP) is 4.86. The van der Waals surface area contributed by atoms with E-state index in [1.54, 1.807) is 6.07 Å². The topological polar surface area (TPSA) is 0 Å². The highest BCUT2D eigenvalue weighted by atomic mass is 19.4. The van der Waals surface area contributed by atoms with Crippen molar-refractivity contribution in [1.29, 1.82) is 0 Å². The molecule has 0 atom stereocenters. The molecular formula is C16H11F3. The first-order valence-corrected chi connectivity index (χ1v) is 6.01. The molecule has 0 saturated carbocycles. The van der Waals surface area contributed by atoms with E-state index in [0.717, 1.165) is 16.7 Å². The summed E-state index contributed by atoms with van der Waals surface area (Å²) in [5, 5.41) is 0. The van der Waals surface area contributed by atoms with Crippen molar-refractivity contribution in [2.24, 2.45) is 0 Å². The molecule has 0 saturated heterocycles. The van der Waals surface area contributed by atoms with E-state index in [1.165, 1.54) is 6.08 Å². The van der Waals surface area contributed by atoms with Crippen LogP contribution in [-0.2, 0) is 6.42 Å². The van der Waals surface area contributed by atoms with Crippen LogP contribution in [0.1, 0.15) is 11.1 Å². The summed E-state index contributed by atoms with van der Waals surface area (Å²) in [4.78, 5) is 0.